The van der Waals surface area contributed by atoms with Crippen LogP contribution >= 0.6 is 0 Å². The van der Waals surface area contributed by atoms with Gasteiger partial charge in [-0.1, -0.05) is 116 Å². The predicted molar refractivity (Wildman–Crippen MR) is 136 cm³/mol. The maximum Gasteiger partial charge on any atom is 0.169 e. The molecule has 33 heavy (non-hydrogen) atoms. The van der Waals surface area contributed by atoms with Gasteiger partial charge in [-0.2, -0.15) is 0 Å². The van der Waals surface area contributed by atoms with E-state index in [2.05, 4.69) is 115 Å². The van der Waals surface area contributed by atoms with Crippen LogP contribution in [0.4, 0.5) is 0 Å². The van der Waals surface area contributed by atoms with E-state index in [4.69, 9.17) is 10.2 Å². The van der Waals surface area contributed by atoms with Crippen molar-refractivity contribution in [3.63, 3.8) is 0 Å². The zero-order chi connectivity index (χ0) is 22.6. The van der Waals surface area contributed by atoms with E-state index in [0.29, 0.717) is 0 Å². The van der Waals surface area contributed by atoms with Crippen molar-refractivity contribution in [1.82, 2.24) is 14.8 Å². The van der Waals surface area contributed by atoms with E-state index >= 15 is 0 Å². The van der Waals surface area contributed by atoms with Gasteiger partial charge in [0.15, 0.2) is 11.6 Å². The summed E-state index contributed by atoms with van der Waals surface area (Å²) in [7, 11) is 0. The minimum Gasteiger partial charge on any atom is -0.274 e. The number of rotatable bonds is 6. The number of benzene rings is 4. The van der Waals surface area contributed by atoms with Crippen molar-refractivity contribution in [1.29, 1.82) is 0 Å². The fourth-order valence-corrected chi connectivity index (χ4v) is 4.45. The van der Waals surface area contributed by atoms with E-state index in [0.717, 1.165) is 41.3 Å². The molecule has 1 aromatic heterocycles. The molecule has 5 aromatic rings. The molecule has 0 radical (unpaired) electrons. The summed E-state index contributed by atoms with van der Waals surface area (Å²) in [6.45, 7) is 4.36. The lowest BCUT2D eigenvalue weighted by molar-refractivity contribution is 0.901. The van der Waals surface area contributed by atoms with Crippen molar-refractivity contribution in [3.8, 4) is 39.6 Å². The number of nitrogens with zero attached hydrogens (tertiary/aromatic N) is 3. The van der Waals surface area contributed by atoms with Crippen LogP contribution in [0.25, 0.3) is 39.6 Å². The van der Waals surface area contributed by atoms with Gasteiger partial charge in [0.25, 0.3) is 0 Å². The maximum absolute atomic E-state index is 4.75. The molecule has 0 fully saturated rings. The minimum absolute atomic E-state index is 0.856. The molecule has 3 nitrogen and oxygen atoms in total. The number of aromatic nitrogens is 3. The number of para-hydroxylation sites is 1. The van der Waals surface area contributed by atoms with Gasteiger partial charge in [0.2, 0.25) is 0 Å². The lowest BCUT2D eigenvalue weighted by atomic mass is 9.96. The summed E-state index contributed by atoms with van der Waals surface area (Å²) in [6.07, 6.45) is 2.05. The SMILES string of the molecule is CCCc1cccc(-c2ccccc2)c1-n1c(-c2ccccc2)nnc1-c1ccccc1C. The Morgan fingerprint density at radius 2 is 1.21 bits per heavy atom. The van der Waals surface area contributed by atoms with Gasteiger partial charge in [-0.15, -0.1) is 10.2 Å². The maximum atomic E-state index is 4.75. The fraction of sp³-hybridized carbons (Fsp3) is 0.133. The van der Waals surface area contributed by atoms with Gasteiger partial charge in [-0.25, -0.2) is 0 Å². The molecule has 0 aliphatic rings. The van der Waals surface area contributed by atoms with Gasteiger partial charge in [-0.3, -0.25) is 4.57 Å². The first kappa shape index (κ1) is 20.9. The summed E-state index contributed by atoms with van der Waals surface area (Å²) in [5, 5.41) is 9.48. The molecule has 5 rings (SSSR count). The largest absolute Gasteiger partial charge is 0.274 e. The zero-order valence-corrected chi connectivity index (χ0v) is 19.1. The summed E-state index contributed by atoms with van der Waals surface area (Å²) < 4.78 is 2.27. The van der Waals surface area contributed by atoms with Crippen molar-refractivity contribution in [3.05, 3.63) is 114 Å². The normalized spacial score (nSPS) is 11.0. The van der Waals surface area contributed by atoms with E-state index in [9.17, 15) is 0 Å². The van der Waals surface area contributed by atoms with E-state index in [-0.39, 0.29) is 0 Å². The molecule has 162 valence electrons. The van der Waals surface area contributed by atoms with Crippen LogP contribution in [0, 0.1) is 6.92 Å². The summed E-state index contributed by atoms with van der Waals surface area (Å²) in [6, 6.07) is 36.0. The van der Waals surface area contributed by atoms with Gasteiger partial charge in [0.1, 0.15) is 0 Å². The Morgan fingerprint density at radius 3 is 1.91 bits per heavy atom. The highest BCUT2D eigenvalue weighted by molar-refractivity contribution is 5.79. The van der Waals surface area contributed by atoms with Crippen molar-refractivity contribution >= 4 is 0 Å². The Hall–Kier alpha value is -3.98. The molecule has 0 aliphatic carbocycles. The van der Waals surface area contributed by atoms with Gasteiger partial charge in [-0.05, 0) is 30.0 Å². The number of aryl methyl sites for hydroxylation is 2. The Balaban J connectivity index is 1.88. The molecule has 0 N–H and O–H groups in total. The Labute approximate surface area is 195 Å². The average Bonchev–Trinajstić information content (AvgIpc) is 3.30. The van der Waals surface area contributed by atoms with Crippen LogP contribution in [-0.2, 0) is 6.42 Å². The first-order valence-electron chi connectivity index (χ1n) is 11.5. The average molecular weight is 430 g/mol. The zero-order valence-electron chi connectivity index (χ0n) is 19.1. The van der Waals surface area contributed by atoms with Crippen molar-refractivity contribution < 1.29 is 0 Å². The molecule has 0 aliphatic heterocycles. The summed E-state index contributed by atoms with van der Waals surface area (Å²) in [5.41, 5.74) is 8.16. The topological polar surface area (TPSA) is 30.7 Å². The van der Waals surface area contributed by atoms with E-state index < -0.39 is 0 Å². The lowest BCUT2D eigenvalue weighted by Crippen LogP contribution is -2.07. The van der Waals surface area contributed by atoms with Gasteiger partial charge in [0, 0.05) is 16.7 Å². The van der Waals surface area contributed by atoms with Crippen molar-refractivity contribution in [2.24, 2.45) is 0 Å². The predicted octanol–water partition coefficient (Wildman–Crippen LogP) is 7.53. The van der Waals surface area contributed by atoms with Crippen LogP contribution in [-0.4, -0.2) is 14.8 Å². The highest BCUT2D eigenvalue weighted by Crippen LogP contribution is 2.37. The fourth-order valence-electron chi connectivity index (χ4n) is 4.45. The van der Waals surface area contributed by atoms with Crippen molar-refractivity contribution in [2.45, 2.75) is 26.7 Å². The molecule has 1 heterocycles. The van der Waals surface area contributed by atoms with Gasteiger partial charge < -0.3 is 0 Å². The van der Waals surface area contributed by atoms with Gasteiger partial charge in [0.05, 0.1) is 5.69 Å². The first-order chi connectivity index (χ1) is 16.3. The first-order valence-corrected chi connectivity index (χ1v) is 11.5. The molecule has 0 spiro atoms. The second-order valence-corrected chi connectivity index (χ2v) is 8.29. The van der Waals surface area contributed by atoms with Crippen LogP contribution in [0.2, 0.25) is 0 Å². The molecule has 0 atom stereocenters. The standard InChI is InChI=1S/C30H27N3/c1-3-13-24-19-12-21-27(23-15-6-4-7-16-23)28(24)33-29(25-17-8-5-9-18-25)31-32-30(33)26-20-11-10-14-22(26)2/h4-12,14-21H,3,13H2,1-2H3. The molecule has 0 saturated heterocycles. The van der Waals surface area contributed by atoms with E-state index in [1.54, 1.807) is 0 Å². The smallest absolute Gasteiger partial charge is 0.169 e. The summed E-state index contributed by atoms with van der Waals surface area (Å²) in [4.78, 5) is 0. The minimum atomic E-state index is 0.856. The summed E-state index contributed by atoms with van der Waals surface area (Å²) in [5.74, 6) is 1.72. The molecular formula is C30H27N3. The van der Waals surface area contributed by atoms with Crippen LogP contribution in [0.15, 0.2) is 103 Å². The Kier molecular flexibility index (Phi) is 5.86. The monoisotopic (exact) mass is 429 g/mol. The van der Waals surface area contributed by atoms with Crippen LogP contribution in [0.3, 0.4) is 0 Å². The quantitative estimate of drug-likeness (QED) is 0.279. The molecule has 0 bridgehead atoms. The third-order valence-corrected chi connectivity index (χ3v) is 6.03. The van der Waals surface area contributed by atoms with Crippen LogP contribution in [0.5, 0.6) is 0 Å². The summed E-state index contributed by atoms with van der Waals surface area (Å²) >= 11 is 0. The van der Waals surface area contributed by atoms with Crippen LogP contribution in [0.1, 0.15) is 24.5 Å². The lowest BCUT2D eigenvalue weighted by Gasteiger charge is -2.20. The second kappa shape index (κ2) is 9.25. The molecule has 0 saturated carbocycles. The third-order valence-electron chi connectivity index (χ3n) is 6.03. The Bertz CT molecular complexity index is 1370. The molecule has 4 aromatic carbocycles. The van der Waals surface area contributed by atoms with Gasteiger partial charge >= 0.3 is 0 Å². The molecule has 0 unspecified atom stereocenters. The number of hydrogen-bond acceptors (Lipinski definition) is 2. The molecular weight excluding hydrogens is 402 g/mol. The van der Waals surface area contributed by atoms with E-state index in [1.807, 2.05) is 6.07 Å². The Morgan fingerprint density at radius 1 is 0.606 bits per heavy atom. The highest BCUT2D eigenvalue weighted by atomic mass is 15.3. The third kappa shape index (κ3) is 3.98. The van der Waals surface area contributed by atoms with Crippen molar-refractivity contribution in [2.75, 3.05) is 0 Å². The number of hydrogen-bond donors (Lipinski definition) is 0. The highest BCUT2D eigenvalue weighted by Gasteiger charge is 2.22. The molecule has 0 amide bonds. The van der Waals surface area contributed by atoms with Crippen LogP contribution < -0.4 is 0 Å². The molecule has 3 heteroatoms. The second-order valence-electron chi connectivity index (χ2n) is 8.29. The van der Waals surface area contributed by atoms with E-state index in [1.165, 1.54) is 22.3 Å².